The van der Waals surface area contributed by atoms with Crippen LogP contribution in [0.25, 0.3) is 0 Å². The Balaban J connectivity index is 3.34. The summed E-state index contributed by atoms with van der Waals surface area (Å²) in [5.74, 6) is 0.104. The van der Waals surface area contributed by atoms with Crippen LogP contribution in [-0.4, -0.2) is 38.8 Å². The predicted octanol–water partition coefficient (Wildman–Crippen LogP) is 0.527. The zero-order chi connectivity index (χ0) is 10.8. The van der Waals surface area contributed by atoms with Crippen molar-refractivity contribution < 1.29 is 9.53 Å². The van der Waals surface area contributed by atoms with Crippen molar-refractivity contribution in [3.63, 3.8) is 0 Å². The van der Waals surface area contributed by atoms with Crippen LogP contribution in [0, 0.1) is 0 Å². The Bertz CT molecular complexity index is 151. The molecule has 0 unspecified atom stereocenters. The standard InChI is InChI=1S/C10H22N2O2/c1-4-11-9(2)8-12-10(13)6-5-7-14-3/h9,11H,4-8H2,1-3H3,(H,12,13)/t9-/m1/s1. The average molecular weight is 202 g/mol. The molecule has 0 aromatic carbocycles. The molecule has 0 saturated carbocycles. The van der Waals surface area contributed by atoms with Gasteiger partial charge in [-0.1, -0.05) is 6.92 Å². The molecule has 0 aliphatic heterocycles. The molecule has 2 N–H and O–H groups in total. The fourth-order valence-corrected chi connectivity index (χ4v) is 1.15. The summed E-state index contributed by atoms with van der Waals surface area (Å²) in [5.41, 5.74) is 0. The molecule has 84 valence electrons. The largest absolute Gasteiger partial charge is 0.385 e. The lowest BCUT2D eigenvalue weighted by molar-refractivity contribution is -0.121. The molecule has 4 heteroatoms. The normalized spacial score (nSPS) is 12.5. The minimum atomic E-state index is 0.104. The summed E-state index contributed by atoms with van der Waals surface area (Å²) >= 11 is 0. The number of methoxy groups -OCH3 is 1. The predicted molar refractivity (Wildman–Crippen MR) is 57.3 cm³/mol. The molecule has 0 bridgehead atoms. The number of carbonyl (C=O) groups is 1. The fraction of sp³-hybridized carbons (Fsp3) is 0.900. The Morgan fingerprint density at radius 1 is 1.50 bits per heavy atom. The average Bonchev–Trinajstić information content (AvgIpc) is 2.16. The molecular weight excluding hydrogens is 180 g/mol. The van der Waals surface area contributed by atoms with Gasteiger partial charge in [0.2, 0.25) is 5.91 Å². The van der Waals surface area contributed by atoms with Crippen molar-refractivity contribution >= 4 is 5.91 Å². The molecule has 0 aliphatic carbocycles. The van der Waals surface area contributed by atoms with Gasteiger partial charge in [-0.3, -0.25) is 4.79 Å². The van der Waals surface area contributed by atoms with Crippen molar-refractivity contribution in [1.29, 1.82) is 0 Å². The van der Waals surface area contributed by atoms with Crippen LogP contribution in [0.4, 0.5) is 0 Å². The molecule has 0 rings (SSSR count). The summed E-state index contributed by atoms with van der Waals surface area (Å²) in [4.78, 5) is 11.2. The van der Waals surface area contributed by atoms with E-state index in [4.69, 9.17) is 4.74 Å². The number of rotatable bonds is 8. The smallest absolute Gasteiger partial charge is 0.220 e. The summed E-state index contributed by atoms with van der Waals surface area (Å²) < 4.78 is 4.86. The van der Waals surface area contributed by atoms with Crippen LogP contribution >= 0.6 is 0 Å². The van der Waals surface area contributed by atoms with Crippen LogP contribution in [0.15, 0.2) is 0 Å². The number of hydrogen-bond donors (Lipinski definition) is 2. The van der Waals surface area contributed by atoms with E-state index < -0.39 is 0 Å². The Labute approximate surface area is 86.4 Å². The second kappa shape index (κ2) is 8.97. The number of hydrogen-bond acceptors (Lipinski definition) is 3. The minimum absolute atomic E-state index is 0.104. The molecule has 4 nitrogen and oxygen atoms in total. The van der Waals surface area contributed by atoms with Gasteiger partial charge < -0.3 is 15.4 Å². The van der Waals surface area contributed by atoms with Gasteiger partial charge in [-0.2, -0.15) is 0 Å². The van der Waals surface area contributed by atoms with Crippen LogP contribution < -0.4 is 10.6 Å². The lowest BCUT2D eigenvalue weighted by Gasteiger charge is -2.12. The van der Waals surface area contributed by atoms with E-state index in [9.17, 15) is 4.79 Å². The first-order valence-electron chi connectivity index (χ1n) is 5.19. The van der Waals surface area contributed by atoms with Gasteiger partial charge in [0, 0.05) is 32.7 Å². The molecule has 0 aliphatic rings. The van der Waals surface area contributed by atoms with Crippen LogP contribution in [0.2, 0.25) is 0 Å². The van der Waals surface area contributed by atoms with E-state index in [0.29, 0.717) is 25.6 Å². The molecule has 0 fully saturated rings. The van der Waals surface area contributed by atoms with E-state index in [-0.39, 0.29) is 5.91 Å². The molecule has 0 spiro atoms. The van der Waals surface area contributed by atoms with Gasteiger partial charge in [-0.25, -0.2) is 0 Å². The van der Waals surface area contributed by atoms with Gasteiger partial charge in [-0.15, -0.1) is 0 Å². The molecule has 0 aromatic rings. The second-order valence-corrected chi connectivity index (χ2v) is 3.36. The number of nitrogens with one attached hydrogen (secondary N) is 2. The molecule has 0 heterocycles. The van der Waals surface area contributed by atoms with Gasteiger partial charge in [0.05, 0.1) is 0 Å². The maximum Gasteiger partial charge on any atom is 0.220 e. The summed E-state index contributed by atoms with van der Waals surface area (Å²) in [6.45, 7) is 6.38. The van der Waals surface area contributed by atoms with E-state index in [1.165, 1.54) is 0 Å². The topological polar surface area (TPSA) is 50.4 Å². The van der Waals surface area contributed by atoms with Gasteiger partial charge >= 0.3 is 0 Å². The summed E-state index contributed by atoms with van der Waals surface area (Å²) in [6.07, 6.45) is 1.34. The molecule has 1 atom stereocenters. The maximum atomic E-state index is 11.2. The summed E-state index contributed by atoms with van der Waals surface area (Å²) in [5, 5.41) is 6.10. The molecule has 0 radical (unpaired) electrons. The molecule has 14 heavy (non-hydrogen) atoms. The fourth-order valence-electron chi connectivity index (χ4n) is 1.15. The lowest BCUT2D eigenvalue weighted by atomic mass is 10.3. The van der Waals surface area contributed by atoms with Crippen molar-refractivity contribution in [3.8, 4) is 0 Å². The van der Waals surface area contributed by atoms with E-state index in [0.717, 1.165) is 13.0 Å². The Morgan fingerprint density at radius 2 is 2.21 bits per heavy atom. The monoisotopic (exact) mass is 202 g/mol. The zero-order valence-electron chi connectivity index (χ0n) is 9.43. The van der Waals surface area contributed by atoms with Crippen LogP contribution in [0.1, 0.15) is 26.7 Å². The van der Waals surface area contributed by atoms with Gasteiger partial charge in [0.25, 0.3) is 0 Å². The van der Waals surface area contributed by atoms with Crippen LogP contribution in [0.5, 0.6) is 0 Å². The first kappa shape index (κ1) is 13.4. The third kappa shape index (κ3) is 8.01. The first-order chi connectivity index (χ1) is 6.70. The van der Waals surface area contributed by atoms with Crippen molar-refractivity contribution in [3.05, 3.63) is 0 Å². The van der Waals surface area contributed by atoms with Crippen LogP contribution in [0.3, 0.4) is 0 Å². The van der Waals surface area contributed by atoms with Crippen molar-refractivity contribution in [2.75, 3.05) is 26.8 Å². The highest BCUT2D eigenvalue weighted by Gasteiger charge is 2.03. The zero-order valence-corrected chi connectivity index (χ0v) is 9.43. The molecule has 0 saturated heterocycles. The molecule has 1 amide bonds. The number of likely N-dealkylation sites (N-methyl/N-ethyl adjacent to an activating group) is 1. The SMILES string of the molecule is CCN[C@H](C)CNC(=O)CCCOC. The van der Waals surface area contributed by atoms with E-state index >= 15 is 0 Å². The number of carbonyl (C=O) groups excluding carboxylic acids is 1. The van der Waals surface area contributed by atoms with Crippen LogP contribution in [-0.2, 0) is 9.53 Å². The van der Waals surface area contributed by atoms with Gasteiger partial charge in [0.15, 0.2) is 0 Å². The van der Waals surface area contributed by atoms with E-state index in [1.54, 1.807) is 7.11 Å². The van der Waals surface area contributed by atoms with E-state index in [2.05, 4.69) is 24.5 Å². The highest BCUT2D eigenvalue weighted by Crippen LogP contribution is 1.89. The Morgan fingerprint density at radius 3 is 2.79 bits per heavy atom. The quantitative estimate of drug-likeness (QED) is 0.564. The lowest BCUT2D eigenvalue weighted by Crippen LogP contribution is -2.38. The van der Waals surface area contributed by atoms with Crippen molar-refractivity contribution in [2.24, 2.45) is 0 Å². The second-order valence-electron chi connectivity index (χ2n) is 3.36. The summed E-state index contributed by atoms with van der Waals surface area (Å²) in [7, 11) is 1.64. The summed E-state index contributed by atoms with van der Waals surface area (Å²) in [6, 6.07) is 0.339. The number of amides is 1. The highest BCUT2D eigenvalue weighted by molar-refractivity contribution is 5.75. The van der Waals surface area contributed by atoms with Crippen molar-refractivity contribution in [2.45, 2.75) is 32.7 Å². The first-order valence-corrected chi connectivity index (χ1v) is 5.19. The third-order valence-electron chi connectivity index (χ3n) is 1.91. The van der Waals surface area contributed by atoms with Crippen molar-refractivity contribution in [1.82, 2.24) is 10.6 Å². The minimum Gasteiger partial charge on any atom is -0.385 e. The molecule has 0 aromatic heterocycles. The Hall–Kier alpha value is -0.610. The number of ether oxygens (including phenoxy) is 1. The van der Waals surface area contributed by atoms with Gasteiger partial charge in [-0.05, 0) is 19.9 Å². The van der Waals surface area contributed by atoms with Gasteiger partial charge in [0.1, 0.15) is 0 Å². The third-order valence-corrected chi connectivity index (χ3v) is 1.91. The maximum absolute atomic E-state index is 11.2. The van der Waals surface area contributed by atoms with E-state index in [1.807, 2.05) is 0 Å². The molecular formula is C10H22N2O2. The highest BCUT2D eigenvalue weighted by atomic mass is 16.5. The Kier molecular flexibility index (Phi) is 8.57.